The number of hydrogen-bond acceptors (Lipinski definition) is 5. The van der Waals surface area contributed by atoms with Gasteiger partial charge in [0.15, 0.2) is 9.84 Å². The molecule has 0 atom stereocenters. The van der Waals surface area contributed by atoms with E-state index < -0.39 is 32.7 Å². The fraction of sp³-hybridized carbons (Fsp3) is 0.429. The molecule has 0 aliphatic carbocycles. The number of halogens is 3. The third-order valence-electron chi connectivity index (χ3n) is 5.29. The molecule has 1 saturated heterocycles. The predicted octanol–water partition coefficient (Wildman–Crippen LogP) is 3.68. The van der Waals surface area contributed by atoms with Crippen molar-refractivity contribution >= 4 is 21.6 Å². The second-order valence-corrected chi connectivity index (χ2v) is 10.2. The van der Waals surface area contributed by atoms with Gasteiger partial charge in [-0.2, -0.15) is 13.2 Å². The first kappa shape index (κ1) is 23.1. The van der Waals surface area contributed by atoms with Gasteiger partial charge in [0.2, 0.25) is 0 Å². The number of carbonyl (C=O) groups excluding carboxylic acids is 1. The number of aromatic nitrogens is 1. The molecule has 31 heavy (non-hydrogen) atoms. The molecule has 0 spiro atoms. The van der Waals surface area contributed by atoms with Crippen molar-refractivity contribution < 1.29 is 26.4 Å². The zero-order valence-electron chi connectivity index (χ0n) is 17.2. The monoisotopic (exact) mass is 455 g/mol. The Morgan fingerprint density at radius 3 is 2.32 bits per heavy atom. The Morgan fingerprint density at radius 2 is 1.77 bits per heavy atom. The van der Waals surface area contributed by atoms with Gasteiger partial charge in [0.05, 0.1) is 21.3 Å². The molecule has 1 amide bonds. The SMILES string of the molecule is CC(C)S(=O)(=O)c1ccccc1C(=O)NC1CCN(c2ccc(C(F)(F)F)cn2)CC1. The first-order valence-corrected chi connectivity index (χ1v) is 11.5. The van der Waals surface area contributed by atoms with E-state index in [1.807, 2.05) is 4.90 Å². The van der Waals surface area contributed by atoms with Crippen LogP contribution in [0.1, 0.15) is 42.6 Å². The number of piperidine rings is 1. The molecule has 1 aliphatic rings. The van der Waals surface area contributed by atoms with Gasteiger partial charge in [-0.25, -0.2) is 13.4 Å². The predicted molar refractivity (Wildman–Crippen MR) is 111 cm³/mol. The summed E-state index contributed by atoms with van der Waals surface area (Å²) >= 11 is 0. The van der Waals surface area contributed by atoms with Gasteiger partial charge in [0, 0.05) is 25.3 Å². The van der Waals surface area contributed by atoms with E-state index in [2.05, 4.69) is 10.3 Å². The summed E-state index contributed by atoms with van der Waals surface area (Å²) in [5, 5.41) is 2.24. The molecule has 2 heterocycles. The number of carbonyl (C=O) groups is 1. The summed E-state index contributed by atoms with van der Waals surface area (Å²) in [7, 11) is -3.61. The lowest BCUT2D eigenvalue weighted by molar-refractivity contribution is -0.137. The van der Waals surface area contributed by atoms with Crippen molar-refractivity contribution in [1.82, 2.24) is 10.3 Å². The van der Waals surface area contributed by atoms with Crippen LogP contribution < -0.4 is 10.2 Å². The van der Waals surface area contributed by atoms with Gasteiger partial charge < -0.3 is 10.2 Å². The maximum absolute atomic E-state index is 12.8. The van der Waals surface area contributed by atoms with Gasteiger partial charge in [-0.15, -0.1) is 0 Å². The van der Waals surface area contributed by atoms with Crippen LogP contribution in [0.2, 0.25) is 0 Å². The lowest BCUT2D eigenvalue weighted by Gasteiger charge is -2.33. The van der Waals surface area contributed by atoms with Crippen LogP contribution in [0, 0.1) is 0 Å². The summed E-state index contributed by atoms with van der Waals surface area (Å²) in [6, 6.07) is 8.30. The molecule has 1 fully saturated rings. The number of sulfone groups is 1. The van der Waals surface area contributed by atoms with E-state index >= 15 is 0 Å². The molecule has 1 aromatic heterocycles. The Labute approximate surface area is 179 Å². The summed E-state index contributed by atoms with van der Waals surface area (Å²) in [5.74, 6) is -0.00270. The summed E-state index contributed by atoms with van der Waals surface area (Å²) < 4.78 is 63.2. The molecular formula is C21H24F3N3O3S. The first-order valence-electron chi connectivity index (χ1n) is 9.92. The second kappa shape index (κ2) is 8.86. The Hall–Kier alpha value is -2.62. The number of amides is 1. The molecule has 0 bridgehead atoms. The molecule has 6 nitrogen and oxygen atoms in total. The molecule has 0 saturated carbocycles. The van der Waals surface area contributed by atoms with Gasteiger partial charge in [0.25, 0.3) is 5.91 Å². The van der Waals surface area contributed by atoms with Crippen molar-refractivity contribution in [3.05, 3.63) is 53.7 Å². The van der Waals surface area contributed by atoms with Crippen molar-refractivity contribution in [2.75, 3.05) is 18.0 Å². The number of alkyl halides is 3. The lowest BCUT2D eigenvalue weighted by Crippen LogP contribution is -2.45. The number of pyridine rings is 1. The lowest BCUT2D eigenvalue weighted by atomic mass is 10.0. The highest BCUT2D eigenvalue weighted by Gasteiger charge is 2.31. The van der Waals surface area contributed by atoms with Crippen LogP contribution in [0.3, 0.4) is 0 Å². The van der Waals surface area contributed by atoms with Crippen LogP contribution in [0.4, 0.5) is 19.0 Å². The number of benzene rings is 1. The van der Waals surface area contributed by atoms with E-state index in [9.17, 15) is 26.4 Å². The summed E-state index contributed by atoms with van der Waals surface area (Å²) in [5.41, 5.74) is -0.684. The van der Waals surface area contributed by atoms with Gasteiger partial charge >= 0.3 is 6.18 Å². The number of anilines is 1. The van der Waals surface area contributed by atoms with E-state index in [0.29, 0.717) is 31.7 Å². The van der Waals surface area contributed by atoms with E-state index in [4.69, 9.17) is 0 Å². The molecule has 2 aromatic rings. The third-order valence-corrected chi connectivity index (χ3v) is 7.50. The number of nitrogens with one attached hydrogen (secondary N) is 1. The Morgan fingerprint density at radius 1 is 1.13 bits per heavy atom. The highest BCUT2D eigenvalue weighted by Crippen LogP contribution is 2.30. The zero-order valence-corrected chi connectivity index (χ0v) is 18.0. The van der Waals surface area contributed by atoms with E-state index in [-0.39, 0.29) is 16.5 Å². The average Bonchev–Trinajstić information content (AvgIpc) is 2.73. The molecule has 10 heteroatoms. The van der Waals surface area contributed by atoms with Crippen LogP contribution in [-0.4, -0.2) is 43.7 Å². The minimum absolute atomic E-state index is 0.00823. The largest absolute Gasteiger partial charge is 0.417 e. The van der Waals surface area contributed by atoms with E-state index in [1.54, 1.807) is 26.0 Å². The number of hydrogen-bond donors (Lipinski definition) is 1. The molecule has 3 rings (SSSR count). The number of rotatable bonds is 5. The van der Waals surface area contributed by atoms with E-state index in [1.165, 1.54) is 18.2 Å². The van der Waals surface area contributed by atoms with Crippen LogP contribution >= 0.6 is 0 Å². The molecule has 1 aliphatic heterocycles. The van der Waals surface area contributed by atoms with Crippen molar-refractivity contribution in [2.45, 2.75) is 49.1 Å². The van der Waals surface area contributed by atoms with Crippen molar-refractivity contribution in [3.63, 3.8) is 0 Å². The molecule has 1 N–H and O–H groups in total. The Kier molecular flexibility index (Phi) is 6.59. The van der Waals surface area contributed by atoms with Crippen LogP contribution in [0.5, 0.6) is 0 Å². The van der Waals surface area contributed by atoms with Crippen LogP contribution in [0.25, 0.3) is 0 Å². The molecule has 0 unspecified atom stereocenters. The minimum Gasteiger partial charge on any atom is -0.356 e. The molecule has 168 valence electrons. The van der Waals surface area contributed by atoms with Crippen LogP contribution in [0.15, 0.2) is 47.5 Å². The molecular weight excluding hydrogens is 431 g/mol. The van der Waals surface area contributed by atoms with Gasteiger partial charge in [0.1, 0.15) is 5.82 Å². The van der Waals surface area contributed by atoms with Crippen molar-refractivity contribution in [3.8, 4) is 0 Å². The summed E-state index contributed by atoms with van der Waals surface area (Å²) in [6.45, 7) is 4.15. The number of nitrogens with zero attached hydrogens (tertiary/aromatic N) is 2. The topological polar surface area (TPSA) is 79.4 Å². The average molecular weight is 456 g/mol. The van der Waals surface area contributed by atoms with Gasteiger partial charge in [-0.1, -0.05) is 12.1 Å². The smallest absolute Gasteiger partial charge is 0.356 e. The Bertz CT molecular complexity index is 1030. The summed E-state index contributed by atoms with van der Waals surface area (Å²) in [6.07, 6.45) is -2.49. The van der Waals surface area contributed by atoms with Crippen LogP contribution in [-0.2, 0) is 16.0 Å². The first-order chi connectivity index (χ1) is 14.5. The standard InChI is InChI=1S/C21H24F3N3O3S/c1-14(2)31(29,30)18-6-4-3-5-17(18)20(28)26-16-9-11-27(12-10-16)19-8-7-15(13-25-19)21(22,23)24/h3-8,13-14,16H,9-12H2,1-2H3,(H,26,28). The van der Waals surface area contributed by atoms with Gasteiger partial charge in [-0.3, -0.25) is 4.79 Å². The highest BCUT2D eigenvalue weighted by molar-refractivity contribution is 7.92. The Balaban J connectivity index is 1.64. The molecule has 0 radical (unpaired) electrons. The van der Waals surface area contributed by atoms with Crippen molar-refractivity contribution in [1.29, 1.82) is 0 Å². The normalized spacial score (nSPS) is 15.9. The fourth-order valence-electron chi connectivity index (χ4n) is 3.41. The van der Waals surface area contributed by atoms with E-state index in [0.717, 1.165) is 12.3 Å². The highest BCUT2D eigenvalue weighted by atomic mass is 32.2. The maximum Gasteiger partial charge on any atom is 0.417 e. The zero-order chi connectivity index (χ0) is 22.8. The maximum atomic E-state index is 12.8. The van der Waals surface area contributed by atoms with Crippen molar-refractivity contribution in [2.24, 2.45) is 0 Å². The second-order valence-electron chi connectivity index (χ2n) is 7.73. The molecule has 1 aromatic carbocycles. The van der Waals surface area contributed by atoms with Gasteiger partial charge in [-0.05, 0) is 51.0 Å². The third kappa shape index (κ3) is 5.17. The fourth-order valence-corrected chi connectivity index (χ4v) is 4.66. The quantitative estimate of drug-likeness (QED) is 0.744. The minimum atomic E-state index is -4.43. The summed E-state index contributed by atoms with van der Waals surface area (Å²) in [4.78, 5) is 18.6.